The SMILES string of the molecule is CC(C)(C)[Si](C)(C)OCCN(C(=O)Cc1ccc(N)cc1)c1ccccc1. The second-order valence-electron chi connectivity index (χ2n) is 8.41. The first-order valence-corrected chi connectivity index (χ1v) is 12.3. The largest absolute Gasteiger partial charge is 0.415 e. The third kappa shape index (κ3) is 5.94. The molecule has 0 saturated heterocycles. The Morgan fingerprint density at radius 3 is 2.19 bits per heavy atom. The maximum absolute atomic E-state index is 13.0. The first-order valence-electron chi connectivity index (χ1n) is 9.44. The standard InChI is InChI=1S/C22H32N2O2Si/c1-22(2,3)27(4,5)26-16-15-24(20-9-7-6-8-10-20)21(25)17-18-11-13-19(23)14-12-18/h6-14H,15-17,23H2,1-5H3. The minimum absolute atomic E-state index is 0.0600. The van der Waals surface area contributed by atoms with Crippen LogP contribution in [-0.2, 0) is 15.6 Å². The molecule has 5 heteroatoms. The van der Waals surface area contributed by atoms with E-state index in [1.807, 2.05) is 59.5 Å². The molecule has 0 spiro atoms. The lowest BCUT2D eigenvalue weighted by atomic mass is 10.1. The van der Waals surface area contributed by atoms with Gasteiger partial charge in [0.05, 0.1) is 13.0 Å². The molecule has 4 nitrogen and oxygen atoms in total. The summed E-state index contributed by atoms with van der Waals surface area (Å²) in [6.45, 7) is 12.2. The predicted octanol–water partition coefficient (Wildman–Crippen LogP) is 4.87. The second-order valence-corrected chi connectivity index (χ2v) is 13.2. The molecule has 0 aliphatic heterocycles. The first kappa shape index (κ1) is 21.2. The minimum atomic E-state index is -1.84. The Labute approximate surface area is 164 Å². The van der Waals surface area contributed by atoms with Crippen LogP contribution in [0.15, 0.2) is 54.6 Å². The van der Waals surface area contributed by atoms with E-state index in [2.05, 4.69) is 33.9 Å². The van der Waals surface area contributed by atoms with Gasteiger partial charge < -0.3 is 15.1 Å². The van der Waals surface area contributed by atoms with Crippen LogP contribution in [0.1, 0.15) is 26.3 Å². The molecule has 2 aromatic rings. The number of carbonyl (C=O) groups is 1. The zero-order valence-corrected chi connectivity index (χ0v) is 18.2. The van der Waals surface area contributed by atoms with Crippen molar-refractivity contribution < 1.29 is 9.22 Å². The number of nitrogen functional groups attached to an aromatic ring is 1. The average Bonchev–Trinajstić information content (AvgIpc) is 2.60. The van der Waals surface area contributed by atoms with E-state index in [0.29, 0.717) is 25.3 Å². The van der Waals surface area contributed by atoms with E-state index in [0.717, 1.165) is 11.3 Å². The molecule has 0 unspecified atom stereocenters. The summed E-state index contributed by atoms with van der Waals surface area (Å²) >= 11 is 0. The Morgan fingerprint density at radius 2 is 1.63 bits per heavy atom. The van der Waals surface area contributed by atoms with Crippen molar-refractivity contribution in [3.05, 3.63) is 60.2 Å². The number of benzene rings is 2. The highest BCUT2D eigenvalue weighted by atomic mass is 28.4. The van der Waals surface area contributed by atoms with Crippen LogP contribution in [-0.4, -0.2) is 27.4 Å². The zero-order valence-electron chi connectivity index (χ0n) is 17.2. The average molecular weight is 385 g/mol. The van der Waals surface area contributed by atoms with E-state index < -0.39 is 8.32 Å². The number of amides is 1. The van der Waals surface area contributed by atoms with E-state index in [1.54, 1.807) is 0 Å². The lowest BCUT2D eigenvalue weighted by Crippen LogP contribution is -2.44. The number of rotatable bonds is 7. The van der Waals surface area contributed by atoms with Crippen LogP contribution in [0.4, 0.5) is 11.4 Å². The van der Waals surface area contributed by atoms with Crippen LogP contribution in [0.2, 0.25) is 18.1 Å². The smallest absolute Gasteiger partial charge is 0.231 e. The number of nitrogens with zero attached hydrogens (tertiary/aromatic N) is 1. The molecule has 2 rings (SSSR count). The van der Waals surface area contributed by atoms with Crippen molar-refractivity contribution in [2.24, 2.45) is 0 Å². The normalized spacial score (nSPS) is 12.0. The summed E-state index contributed by atoms with van der Waals surface area (Å²) in [7, 11) is -1.84. The van der Waals surface area contributed by atoms with Crippen molar-refractivity contribution in [3.63, 3.8) is 0 Å². The zero-order chi connectivity index (χ0) is 20.1. The molecule has 0 aromatic heterocycles. The minimum Gasteiger partial charge on any atom is -0.415 e. The van der Waals surface area contributed by atoms with Gasteiger partial charge >= 0.3 is 0 Å². The van der Waals surface area contributed by atoms with E-state index >= 15 is 0 Å². The van der Waals surface area contributed by atoms with E-state index in [1.165, 1.54) is 0 Å². The van der Waals surface area contributed by atoms with E-state index in [4.69, 9.17) is 10.2 Å². The lowest BCUT2D eigenvalue weighted by Gasteiger charge is -2.36. The molecule has 2 N–H and O–H groups in total. The molecular formula is C22H32N2O2Si. The van der Waals surface area contributed by atoms with Crippen LogP contribution < -0.4 is 10.6 Å². The summed E-state index contributed by atoms with van der Waals surface area (Å²) in [4.78, 5) is 14.8. The molecule has 0 heterocycles. The number of anilines is 2. The van der Waals surface area contributed by atoms with Crippen LogP contribution in [0, 0.1) is 0 Å². The summed E-state index contributed by atoms with van der Waals surface area (Å²) in [5, 5.41) is 0.151. The van der Waals surface area contributed by atoms with Gasteiger partial charge in [0.15, 0.2) is 8.32 Å². The van der Waals surface area contributed by atoms with Crippen molar-refractivity contribution >= 4 is 25.6 Å². The van der Waals surface area contributed by atoms with Gasteiger partial charge in [-0.05, 0) is 48.0 Å². The molecule has 0 saturated carbocycles. The van der Waals surface area contributed by atoms with Crippen LogP contribution in [0.25, 0.3) is 0 Å². The number of hydrogen-bond acceptors (Lipinski definition) is 3. The molecule has 0 radical (unpaired) electrons. The molecule has 0 fully saturated rings. The highest BCUT2D eigenvalue weighted by Gasteiger charge is 2.37. The van der Waals surface area contributed by atoms with Crippen molar-refractivity contribution in [3.8, 4) is 0 Å². The fourth-order valence-electron chi connectivity index (χ4n) is 2.52. The van der Waals surface area contributed by atoms with Gasteiger partial charge in [0.25, 0.3) is 0 Å². The van der Waals surface area contributed by atoms with Gasteiger partial charge in [-0.3, -0.25) is 4.79 Å². The molecule has 2 aromatic carbocycles. The van der Waals surface area contributed by atoms with Gasteiger partial charge in [-0.15, -0.1) is 0 Å². The molecular weight excluding hydrogens is 352 g/mol. The Balaban J connectivity index is 2.10. The summed E-state index contributed by atoms with van der Waals surface area (Å²) in [6.07, 6.45) is 0.343. The molecule has 0 aliphatic rings. The van der Waals surface area contributed by atoms with Gasteiger partial charge in [0.1, 0.15) is 0 Å². The lowest BCUT2D eigenvalue weighted by molar-refractivity contribution is -0.118. The monoisotopic (exact) mass is 384 g/mol. The number of para-hydroxylation sites is 1. The third-order valence-corrected chi connectivity index (χ3v) is 9.83. The summed E-state index contributed by atoms with van der Waals surface area (Å²) in [5.41, 5.74) is 8.30. The number of nitrogens with two attached hydrogens (primary N) is 1. The molecule has 1 amide bonds. The molecule has 0 bridgehead atoms. The number of carbonyl (C=O) groups excluding carboxylic acids is 1. The molecule has 27 heavy (non-hydrogen) atoms. The fraction of sp³-hybridized carbons (Fsp3) is 0.409. The highest BCUT2D eigenvalue weighted by Crippen LogP contribution is 2.36. The van der Waals surface area contributed by atoms with Gasteiger partial charge in [-0.1, -0.05) is 51.1 Å². The predicted molar refractivity (Wildman–Crippen MR) is 117 cm³/mol. The van der Waals surface area contributed by atoms with Gasteiger partial charge in [0, 0.05) is 17.9 Å². The number of hydrogen-bond donors (Lipinski definition) is 1. The van der Waals surface area contributed by atoms with Gasteiger partial charge in [-0.2, -0.15) is 0 Å². The van der Waals surface area contributed by atoms with Crippen LogP contribution in [0.3, 0.4) is 0 Å². The maximum atomic E-state index is 13.0. The Hall–Kier alpha value is -2.11. The van der Waals surface area contributed by atoms with Crippen LogP contribution >= 0.6 is 0 Å². The van der Waals surface area contributed by atoms with Crippen molar-refractivity contribution in [1.82, 2.24) is 0 Å². The quantitative estimate of drug-likeness (QED) is 0.547. The summed E-state index contributed by atoms with van der Waals surface area (Å²) in [6, 6.07) is 17.3. The maximum Gasteiger partial charge on any atom is 0.231 e. The summed E-state index contributed by atoms with van der Waals surface area (Å²) < 4.78 is 6.29. The molecule has 0 aliphatic carbocycles. The topological polar surface area (TPSA) is 55.6 Å². The Kier molecular flexibility index (Phi) is 6.84. The Morgan fingerprint density at radius 1 is 1.04 bits per heavy atom. The van der Waals surface area contributed by atoms with Gasteiger partial charge in [-0.25, -0.2) is 0 Å². The van der Waals surface area contributed by atoms with Crippen molar-refractivity contribution in [2.45, 2.75) is 45.3 Å². The van der Waals surface area contributed by atoms with E-state index in [-0.39, 0.29) is 10.9 Å². The van der Waals surface area contributed by atoms with E-state index in [9.17, 15) is 4.79 Å². The second kappa shape index (κ2) is 8.72. The van der Waals surface area contributed by atoms with Crippen molar-refractivity contribution in [2.75, 3.05) is 23.8 Å². The fourth-order valence-corrected chi connectivity index (χ4v) is 3.55. The van der Waals surface area contributed by atoms with Crippen LogP contribution in [0.5, 0.6) is 0 Å². The molecule has 0 atom stereocenters. The third-order valence-electron chi connectivity index (χ3n) is 5.29. The Bertz CT molecular complexity index is 737. The highest BCUT2D eigenvalue weighted by molar-refractivity contribution is 6.74. The first-order chi connectivity index (χ1) is 12.6. The van der Waals surface area contributed by atoms with Gasteiger partial charge in [0.2, 0.25) is 5.91 Å². The summed E-state index contributed by atoms with van der Waals surface area (Å²) in [5.74, 6) is 0.0600. The molecule has 146 valence electrons. The van der Waals surface area contributed by atoms with Crippen molar-refractivity contribution in [1.29, 1.82) is 0 Å².